The monoisotopic (exact) mass is 345 g/mol. The van der Waals surface area contributed by atoms with Gasteiger partial charge < -0.3 is 5.32 Å². The first-order valence-corrected chi connectivity index (χ1v) is 8.71. The first kappa shape index (κ1) is 16.6. The van der Waals surface area contributed by atoms with Gasteiger partial charge in [0.1, 0.15) is 0 Å². The van der Waals surface area contributed by atoms with Crippen molar-refractivity contribution in [3.63, 3.8) is 0 Å². The van der Waals surface area contributed by atoms with Crippen molar-refractivity contribution in [2.45, 2.75) is 23.6 Å². The number of carbonyl (C=O) groups is 1. The first-order valence-electron chi connectivity index (χ1n) is 6.28. The van der Waals surface area contributed by atoms with E-state index in [0.29, 0.717) is 0 Å². The zero-order chi connectivity index (χ0) is 16.3. The van der Waals surface area contributed by atoms with Crippen LogP contribution in [0.2, 0.25) is 0 Å². The van der Waals surface area contributed by atoms with Gasteiger partial charge in [-0.1, -0.05) is 6.07 Å². The molecule has 4 nitrogen and oxygen atoms in total. The lowest BCUT2D eigenvalue weighted by atomic mass is 10.2. The van der Waals surface area contributed by atoms with E-state index in [0.717, 1.165) is 17.0 Å². The minimum absolute atomic E-state index is 0.197. The van der Waals surface area contributed by atoms with E-state index in [2.05, 4.69) is 5.32 Å². The third kappa shape index (κ3) is 3.50. The number of halogens is 2. The van der Waals surface area contributed by atoms with Gasteiger partial charge in [-0.05, 0) is 42.6 Å². The number of sulfone groups is 1. The second kappa shape index (κ2) is 6.53. The maximum Gasteiger partial charge on any atom is 0.341 e. The van der Waals surface area contributed by atoms with Crippen LogP contribution in [0.4, 0.5) is 8.78 Å². The fourth-order valence-corrected chi connectivity index (χ4v) is 3.24. The Hall–Kier alpha value is -1.80. The molecule has 0 aliphatic heterocycles. The van der Waals surface area contributed by atoms with Crippen LogP contribution in [0.15, 0.2) is 46.7 Å². The average molecular weight is 345 g/mol. The van der Waals surface area contributed by atoms with Crippen molar-refractivity contribution in [3.05, 3.63) is 52.2 Å². The summed E-state index contributed by atoms with van der Waals surface area (Å²) in [4.78, 5) is 12.5. The highest BCUT2D eigenvalue weighted by molar-refractivity contribution is 7.91. The predicted molar refractivity (Wildman–Crippen MR) is 79.8 cm³/mol. The topological polar surface area (TPSA) is 63.2 Å². The van der Waals surface area contributed by atoms with E-state index < -0.39 is 26.4 Å². The molecule has 1 heterocycles. The first-order chi connectivity index (χ1) is 10.3. The zero-order valence-electron chi connectivity index (χ0n) is 11.5. The number of alkyl halides is 2. The fraction of sp³-hybridized carbons (Fsp3) is 0.214. The van der Waals surface area contributed by atoms with Gasteiger partial charge in [-0.2, -0.15) is 8.78 Å². The second-order valence-corrected chi connectivity index (χ2v) is 7.44. The normalized spacial score (nSPS) is 13.1. The highest BCUT2D eigenvalue weighted by Gasteiger charge is 2.26. The van der Waals surface area contributed by atoms with Gasteiger partial charge in [0.25, 0.3) is 5.91 Å². The Kier molecular flexibility index (Phi) is 4.92. The van der Waals surface area contributed by atoms with Gasteiger partial charge in [-0.3, -0.25) is 4.79 Å². The lowest BCUT2D eigenvalue weighted by molar-refractivity contribution is 0.0940. The summed E-state index contributed by atoms with van der Waals surface area (Å²) in [6, 6.07) is 7.99. The fourth-order valence-electron chi connectivity index (χ4n) is 1.79. The van der Waals surface area contributed by atoms with E-state index in [-0.39, 0.29) is 11.6 Å². The molecular weight excluding hydrogens is 332 g/mol. The van der Waals surface area contributed by atoms with Gasteiger partial charge >= 0.3 is 5.76 Å². The Morgan fingerprint density at radius 3 is 2.32 bits per heavy atom. The molecule has 1 N–H and O–H groups in total. The van der Waals surface area contributed by atoms with Crippen molar-refractivity contribution in [2.75, 3.05) is 0 Å². The molecule has 2 aromatic rings. The van der Waals surface area contributed by atoms with Crippen LogP contribution in [0, 0.1) is 0 Å². The van der Waals surface area contributed by atoms with Crippen LogP contribution in [0.5, 0.6) is 0 Å². The third-order valence-corrected chi connectivity index (χ3v) is 5.45. The molecule has 0 unspecified atom stereocenters. The van der Waals surface area contributed by atoms with Gasteiger partial charge in [0.15, 0.2) is 0 Å². The quantitative estimate of drug-likeness (QED) is 0.905. The molecule has 0 bridgehead atoms. The Balaban J connectivity index is 2.12. The van der Waals surface area contributed by atoms with E-state index >= 15 is 0 Å². The largest absolute Gasteiger partial charge is 0.345 e. The number of thiophene rings is 1. The van der Waals surface area contributed by atoms with Gasteiger partial charge in [-0.15, -0.1) is 11.3 Å². The minimum atomic E-state index is -4.64. The average Bonchev–Trinajstić information content (AvgIpc) is 3.01. The van der Waals surface area contributed by atoms with Crippen molar-refractivity contribution in [1.82, 2.24) is 5.32 Å². The highest BCUT2D eigenvalue weighted by atomic mass is 32.2. The van der Waals surface area contributed by atoms with Crippen LogP contribution in [0.3, 0.4) is 0 Å². The molecule has 1 aromatic carbocycles. The molecule has 1 amide bonds. The molecule has 0 aliphatic rings. The van der Waals surface area contributed by atoms with Crippen molar-refractivity contribution < 1.29 is 22.0 Å². The van der Waals surface area contributed by atoms with Gasteiger partial charge in [0.05, 0.1) is 10.9 Å². The Morgan fingerprint density at radius 1 is 1.18 bits per heavy atom. The molecule has 0 radical (unpaired) electrons. The second-order valence-electron chi connectivity index (χ2n) is 4.54. The Labute approximate surface area is 130 Å². The number of carbonyl (C=O) groups excluding carboxylic acids is 1. The lowest BCUT2D eigenvalue weighted by Gasteiger charge is -2.12. The minimum Gasteiger partial charge on any atom is -0.345 e. The maximum absolute atomic E-state index is 12.4. The van der Waals surface area contributed by atoms with Gasteiger partial charge in [0.2, 0.25) is 9.84 Å². The summed E-state index contributed by atoms with van der Waals surface area (Å²) < 4.78 is 47.4. The lowest BCUT2D eigenvalue weighted by Crippen LogP contribution is -2.26. The van der Waals surface area contributed by atoms with Crippen molar-refractivity contribution >= 4 is 27.1 Å². The van der Waals surface area contributed by atoms with E-state index in [4.69, 9.17) is 0 Å². The number of hydrogen-bond acceptors (Lipinski definition) is 4. The maximum atomic E-state index is 12.4. The van der Waals surface area contributed by atoms with E-state index in [1.165, 1.54) is 23.5 Å². The number of hydrogen-bond donors (Lipinski definition) is 1. The summed E-state index contributed by atoms with van der Waals surface area (Å²) in [7, 11) is -4.64. The molecule has 0 aliphatic carbocycles. The summed E-state index contributed by atoms with van der Waals surface area (Å²) in [6.07, 6.45) is 0. The van der Waals surface area contributed by atoms with Crippen LogP contribution in [0.25, 0.3) is 0 Å². The molecule has 0 saturated heterocycles. The summed E-state index contributed by atoms with van der Waals surface area (Å²) in [6.45, 7) is 1.82. The molecule has 8 heteroatoms. The summed E-state index contributed by atoms with van der Waals surface area (Å²) in [5.74, 6) is -3.88. The van der Waals surface area contributed by atoms with Gasteiger partial charge in [-0.25, -0.2) is 8.42 Å². The van der Waals surface area contributed by atoms with Crippen LogP contribution >= 0.6 is 11.3 Å². The van der Waals surface area contributed by atoms with E-state index in [1.54, 1.807) is 0 Å². The molecule has 1 atom stereocenters. The molecule has 0 spiro atoms. The molecule has 118 valence electrons. The number of amides is 1. The predicted octanol–water partition coefficient (Wildman–Crippen LogP) is 3.24. The number of nitrogens with one attached hydrogen (secondary N) is 1. The summed E-state index contributed by atoms with van der Waals surface area (Å²) in [5.41, 5.74) is 0.205. The van der Waals surface area contributed by atoms with Crippen LogP contribution in [-0.4, -0.2) is 20.1 Å². The third-order valence-electron chi connectivity index (χ3n) is 3.00. The number of rotatable bonds is 5. The van der Waals surface area contributed by atoms with E-state index in [9.17, 15) is 22.0 Å². The smallest absolute Gasteiger partial charge is 0.341 e. The van der Waals surface area contributed by atoms with Crippen molar-refractivity contribution in [2.24, 2.45) is 0 Å². The summed E-state index contributed by atoms with van der Waals surface area (Å²) in [5, 5.41) is 4.64. The molecule has 0 fully saturated rings. The molecular formula is C14H13F2NO3S2. The van der Waals surface area contributed by atoms with E-state index in [1.807, 2.05) is 24.4 Å². The standard InChI is InChI=1S/C14H13F2NO3S2/c1-9(12-3-2-8-21-12)17-13(18)10-4-6-11(7-5-10)22(19,20)14(15)16/h2-9,14H,1H3,(H,17,18)/t9-/m1/s1. The van der Waals surface area contributed by atoms with Crippen molar-refractivity contribution in [1.29, 1.82) is 0 Å². The molecule has 0 saturated carbocycles. The highest BCUT2D eigenvalue weighted by Crippen LogP contribution is 2.20. The summed E-state index contributed by atoms with van der Waals surface area (Å²) >= 11 is 1.50. The molecule has 1 aromatic heterocycles. The van der Waals surface area contributed by atoms with Gasteiger partial charge in [0, 0.05) is 10.4 Å². The Bertz CT molecular complexity index is 741. The van der Waals surface area contributed by atoms with Crippen LogP contribution < -0.4 is 5.32 Å². The molecule has 22 heavy (non-hydrogen) atoms. The Morgan fingerprint density at radius 2 is 1.82 bits per heavy atom. The zero-order valence-corrected chi connectivity index (χ0v) is 13.1. The molecule has 2 rings (SSSR count). The number of benzene rings is 1. The SMILES string of the molecule is C[C@@H](NC(=O)c1ccc(S(=O)(=O)C(F)F)cc1)c1cccs1. The van der Waals surface area contributed by atoms with Crippen LogP contribution in [-0.2, 0) is 9.84 Å². The van der Waals surface area contributed by atoms with Crippen molar-refractivity contribution in [3.8, 4) is 0 Å². The van der Waals surface area contributed by atoms with Crippen LogP contribution in [0.1, 0.15) is 28.2 Å².